The van der Waals surface area contributed by atoms with E-state index in [1.807, 2.05) is 18.5 Å². The van der Waals surface area contributed by atoms with E-state index >= 15 is 0 Å². The Kier molecular flexibility index (Phi) is 8.34. The molecule has 2 atom stereocenters. The fraction of sp³-hybridized carbons (Fsp3) is 0.810. The van der Waals surface area contributed by atoms with Crippen LogP contribution in [0.3, 0.4) is 0 Å². The Labute approximate surface area is 174 Å². The predicted octanol–water partition coefficient (Wildman–Crippen LogP) is 2.42. The summed E-state index contributed by atoms with van der Waals surface area (Å²) in [5, 5.41) is 19.4. The summed E-state index contributed by atoms with van der Waals surface area (Å²) in [6.07, 6.45) is 5.20. The lowest BCUT2D eigenvalue weighted by atomic mass is 9.83. The third kappa shape index (κ3) is 6.60. The zero-order chi connectivity index (χ0) is 21.5. The van der Waals surface area contributed by atoms with Gasteiger partial charge in [-0.15, -0.1) is 5.10 Å². The van der Waals surface area contributed by atoms with Crippen molar-refractivity contribution in [2.75, 3.05) is 19.8 Å². The molecule has 2 N–H and O–H groups in total. The molecule has 1 aromatic heterocycles. The molecule has 8 heteroatoms. The third-order valence-corrected chi connectivity index (χ3v) is 5.86. The number of tetrazole rings is 1. The maximum Gasteiger partial charge on any atom is 0.243 e. The highest BCUT2D eigenvalue weighted by atomic mass is 16.5. The Balaban J connectivity index is 2.27. The van der Waals surface area contributed by atoms with Crippen LogP contribution in [0, 0.1) is 11.8 Å². The van der Waals surface area contributed by atoms with Crippen LogP contribution in [0.1, 0.15) is 66.1 Å². The second-order valence-corrected chi connectivity index (χ2v) is 9.06. The highest BCUT2D eigenvalue weighted by molar-refractivity contribution is 5.87. The quantitative estimate of drug-likeness (QED) is 0.518. The van der Waals surface area contributed by atoms with E-state index in [1.165, 1.54) is 6.08 Å². The third-order valence-electron chi connectivity index (χ3n) is 5.86. The number of carbonyl (C=O) groups excluding carboxylic acids is 1. The first kappa shape index (κ1) is 23.5. The molecule has 1 aromatic rings. The van der Waals surface area contributed by atoms with Gasteiger partial charge in [-0.05, 0) is 62.6 Å². The molecule has 1 aliphatic heterocycles. The van der Waals surface area contributed by atoms with E-state index in [4.69, 9.17) is 4.74 Å². The number of nitrogens with one attached hydrogen (secondary N) is 2. The van der Waals surface area contributed by atoms with Crippen molar-refractivity contribution < 1.29 is 9.53 Å². The SMILES string of the molecule is C=CC(=O)NC(C)(C)CC(C)(NCC(CC)CC)c1nnnn1CC1CCOC1. The van der Waals surface area contributed by atoms with Crippen molar-refractivity contribution in [3.05, 3.63) is 18.5 Å². The van der Waals surface area contributed by atoms with Crippen LogP contribution in [-0.4, -0.2) is 51.4 Å². The first-order chi connectivity index (χ1) is 13.7. The molecule has 0 radical (unpaired) electrons. The zero-order valence-corrected chi connectivity index (χ0v) is 18.7. The number of nitrogens with zero attached hydrogens (tertiary/aromatic N) is 4. The number of aromatic nitrogens is 4. The molecule has 8 nitrogen and oxygen atoms in total. The standard InChI is InChI=1S/C21H38N6O2/c1-7-16(8-2)12-22-21(6,15-20(4,5)23-18(28)9-3)19-24-25-26-27(19)13-17-10-11-29-14-17/h9,16-17,22H,3,7-8,10-15H2,1-2,4-6H3,(H,23,28). The normalized spacial score (nSPS) is 19.3. The van der Waals surface area contributed by atoms with Crippen LogP contribution >= 0.6 is 0 Å². The van der Waals surface area contributed by atoms with Gasteiger partial charge in [0.1, 0.15) is 0 Å². The van der Waals surface area contributed by atoms with Crippen LogP contribution < -0.4 is 10.6 Å². The molecule has 164 valence electrons. The van der Waals surface area contributed by atoms with Gasteiger partial charge in [0.15, 0.2) is 5.82 Å². The van der Waals surface area contributed by atoms with Gasteiger partial charge >= 0.3 is 0 Å². The number of hydrogen-bond donors (Lipinski definition) is 2. The van der Waals surface area contributed by atoms with Gasteiger partial charge in [-0.2, -0.15) is 0 Å². The van der Waals surface area contributed by atoms with Gasteiger partial charge in [-0.1, -0.05) is 33.3 Å². The average molecular weight is 407 g/mol. The van der Waals surface area contributed by atoms with Crippen molar-refractivity contribution in [3.8, 4) is 0 Å². The molecular formula is C21H38N6O2. The van der Waals surface area contributed by atoms with Crippen molar-refractivity contribution in [2.45, 2.75) is 77.9 Å². The van der Waals surface area contributed by atoms with E-state index in [2.05, 4.69) is 53.5 Å². The number of hydrogen-bond acceptors (Lipinski definition) is 6. The number of amides is 1. The first-order valence-electron chi connectivity index (χ1n) is 10.8. The van der Waals surface area contributed by atoms with Gasteiger partial charge in [0.25, 0.3) is 0 Å². The molecule has 1 aliphatic rings. The van der Waals surface area contributed by atoms with Crippen LogP contribution in [0.2, 0.25) is 0 Å². The minimum atomic E-state index is -0.497. The smallest absolute Gasteiger partial charge is 0.243 e. The van der Waals surface area contributed by atoms with Crippen molar-refractivity contribution in [1.29, 1.82) is 0 Å². The monoisotopic (exact) mass is 406 g/mol. The molecule has 0 spiro atoms. The van der Waals surface area contributed by atoms with Crippen molar-refractivity contribution >= 4 is 5.91 Å². The zero-order valence-electron chi connectivity index (χ0n) is 18.7. The molecule has 0 aromatic carbocycles. The lowest BCUT2D eigenvalue weighted by molar-refractivity contribution is -0.118. The molecule has 1 saturated heterocycles. The van der Waals surface area contributed by atoms with Gasteiger partial charge in [0.05, 0.1) is 12.1 Å². The summed E-state index contributed by atoms with van der Waals surface area (Å²) in [4.78, 5) is 11.9. The molecule has 29 heavy (non-hydrogen) atoms. The van der Waals surface area contributed by atoms with E-state index < -0.39 is 11.1 Å². The highest BCUT2D eigenvalue weighted by Crippen LogP contribution is 2.30. The maximum absolute atomic E-state index is 11.9. The Hall–Kier alpha value is -1.80. The fourth-order valence-corrected chi connectivity index (χ4v) is 4.17. The van der Waals surface area contributed by atoms with Gasteiger partial charge < -0.3 is 15.4 Å². The van der Waals surface area contributed by atoms with Gasteiger partial charge in [-0.3, -0.25) is 4.79 Å². The summed E-state index contributed by atoms with van der Waals surface area (Å²) >= 11 is 0. The Morgan fingerprint density at radius 3 is 2.69 bits per heavy atom. The van der Waals surface area contributed by atoms with E-state index in [1.54, 1.807) is 0 Å². The topological polar surface area (TPSA) is 94.0 Å². The summed E-state index contributed by atoms with van der Waals surface area (Å²) < 4.78 is 7.43. The van der Waals surface area contributed by atoms with Crippen LogP contribution in [0.25, 0.3) is 0 Å². The van der Waals surface area contributed by atoms with Crippen molar-refractivity contribution in [3.63, 3.8) is 0 Å². The Bertz CT molecular complexity index is 664. The largest absolute Gasteiger partial charge is 0.381 e. The Morgan fingerprint density at radius 2 is 2.10 bits per heavy atom. The van der Waals surface area contributed by atoms with Gasteiger partial charge in [-0.25, -0.2) is 4.68 Å². The summed E-state index contributed by atoms with van der Waals surface area (Å²) in [6, 6.07) is 0. The Morgan fingerprint density at radius 1 is 1.38 bits per heavy atom. The van der Waals surface area contributed by atoms with Crippen LogP contribution in [0.15, 0.2) is 12.7 Å². The van der Waals surface area contributed by atoms with E-state index in [-0.39, 0.29) is 5.91 Å². The molecule has 1 amide bonds. The molecule has 1 fully saturated rings. The van der Waals surface area contributed by atoms with Crippen molar-refractivity contribution in [2.24, 2.45) is 11.8 Å². The van der Waals surface area contributed by atoms with E-state index in [0.29, 0.717) is 18.3 Å². The first-order valence-corrected chi connectivity index (χ1v) is 10.8. The minimum Gasteiger partial charge on any atom is -0.381 e. The second kappa shape index (κ2) is 10.3. The summed E-state index contributed by atoms with van der Waals surface area (Å²) in [5.41, 5.74) is -0.961. The summed E-state index contributed by atoms with van der Waals surface area (Å²) in [7, 11) is 0. The van der Waals surface area contributed by atoms with E-state index in [9.17, 15) is 4.79 Å². The minimum absolute atomic E-state index is 0.181. The summed E-state index contributed by atoms with van der Waals surface area (Å²) in [5.74, 6) is 1.62. The molecular weight excluding hydrogens is 368 g/mol. The lowest BCUT2D eigenvalue weighted by Crippen LogP contribution is -2.53. The van der Waals surface area contributed by atoms with Crippen molar-refractivity contribution in [1.82, 2.24) is 30.8 Å². The highest BCUT2D eigenvalue weighted by Gasteiger charge is 2.39. The molecule has 2 unspecified atom stereocenters. The predicted molar refractivity (Wildman–Crippen MR) is 113 cm³/mol. The lowest BCUT2D eigenvalue weighted by Gasteiger charge is -2.38. The second-order valence-electron chi connectivity index (χ2n) is 9.06. The fourth-order valence-electron chi connectivity index (χ4n) is 4.17. The number of ether oxygens (including phenoxy) is 1. The average Bonchev–Trinajstić information content (AvgIpc) is 3.34. The van der Waals surface area contributed by atoms with E-state index in [0.717, 1.165) is 51.4 Å². The molecule has 0 saturated carbocycles. The van der Waals surface area contributed by atoms with Gasteiger partial charge in [0, 0.05) is 24.6 Å². The van der Waals surface area contributed by atoms with Crippen LogP contribution in [0.4, 0.5) is 0 Å². The summed E-state index contributed by atoms with van der Waals surface area (Å²) in [6.45, 7) is 17.3. The van der Waals surface area contributed by atoms with Gasteiger partial charge in [0.2, 0.25) is 5.91 Å². The molecule has 0 aliphatic carbocycles. The van der Waals surface area contributed by atoms with Crippen LogP contribution in [-0.2, 0) is 21.6 Å². The molecule has 0 bridgehead atoms. The van der Waals surface area contributed by atoms with Crippen LogP contribution in [0.5, 0.6) is 0 Å². The molecule has 2 heterocycles. The molecule has 2 rings (SSSR count). The maximum atomic E-state index is 11.9. The number of carbonyl (C=O) groups is 1. The number of rotatable bonds is 12.